The largest absolute Gasteiger partial charge is 0.392 e. The maximum atomic E-state index is 12.6. The quantitative estimate of drug-likeness (QED) is 0.841. The lowest BCUT2D eigenvalue weighted by molar-refractivity contribution is -0.122. The Labute approximate surface area is 132 Å². The molecule has 3 N–H and O–H groups in total. The van der Waals surface area contributed by atoms with Gasteiger partial charge in [-0.15, -0.1) is 0 Å². The molecule has 114 valence electrons. The molecule has 3 nitrogen and oxygen atoms in total. The molecule has 4 unspecified atom stereocenters. The Morgan fingerprint density at radius 3 is 2.57 bits per heavy atom. The average Bonchev–Trinajstić information content (AvgIpc) is 2.45. The zero-order chi connectivity index (χ0) is 15.4. The lowest BCUT2D eigenvalue weighted by Crippen LogP contribution is -2.47. The summed E-state index contributed by atoms with van der Waals surface area (Å²) in [5, 5.41) is 3.17. The number of nitrogens with one attached hydrogen (secondary N) is 1. The van der Waals surface area contributed by atoms with Crippen LogP contribution in [0.2, 0.25) is 0 Å². The van der Waals surface area contributed by atoms with E-state index in [1.54, 1.807) is 0 Å². The zero-order valence-electron chi connectivity index (χ0n) is 12.7. The van der Waals surface area contributed by atoms with Crippen LogP contribution in [0.4, 0.5) is 0 Å². The van der Waals surface area contributed by atoms with Crippen molar-refractivity contribution < 1.29 is 4.79 Å². The highest BCUT2D eigenvalue weighted by atomic mass is 32.1. The van der Waals surface area contributed by atoms with Crippen LogP contribution in [0.15, 0.2) is 30.3 Å². The van der Waals surface area contributed by atoms with Crippen molar-refractivity contribution in [2.24, 2.45) is 17.6 Å². The Kier molecular flexibility index (Phi) is 5.34. The third-order valence-electron chi connectivity index (χ3n) is 4.71. The molecule has 21 heavy (non-hydrogen) atoms. The normalized spacial score (nSPS) is 26.9. The second-order valence-electron chi connectivity index (χ2n) is 6.13. The van der Waals surface area contributed by atoms with Gasteiger partial charge in [0.25, 0.3) is 0 Å². The summed E-state index contributed by atoms with van der Waals surface area (Å²) in [6.07, 6.45) is 3.45. The zero-order valence-corrected chi connectivity index (χ0v) is 13.5. The van der Waals surface area contributed by atoms with Crippen molar-refractivity contribution in [3.63, 3.8) is 0 Å². The molecule has 0 saturated heterocycles. The van der Waals surface area contributed by atoms with Gasteiger partial charge in [0.2, 0.25) is 5.91 Å². The average molecular weight is 304 g/mol. The molecule has 0 aliphatic heterocycles. The van der Waals surface area contributed by atoms with Crippen molar-refractivity contribution in [3.05, 3.63) is 35.9 Å². The van der Waals surface area contributed by atoms with Gasteiger partial charge in [0.15, 0.2) is 0 Å². The summed E-state index contributed by atoms with van der Waals surface area (Å²) in [6.45, 7) is 4.47. The lowest BCUT2D eigenvalue weighted by Gasteiger charge is -2.35. The minimum absolute atomic E-state index is 0.0698. The molecule has 0 spiro atoms. The topological polar surface area (TPSA) is 55.1 Å². The van der Waals surface area contributed by atoms with E-state index >= 15 is 0 Å². The number of carbonyl (C=O) groups is 1. The first-order valence-electron chi connectivity index (χ1n) is 7.65. The highest BCUT2D eigenvalue weighted by Crippen LogP contribution is 2.30. The van der Waals surface area contributed by atoms with Crippen LogP contribution in [0.3, 0.4) is 0 Å². The molecular weight excluding hydrogens is 280 g/mol. The van der Waals surface area contributed by atoms with Gasteiger partial charge >= 0.3 is 0 Å². The maximum Gasteiger partial charge on any atom is 0.234 e. The summed E-state index contributed by atoms with van der Waals surface area (Å²) >= 11 is 5.11. The number of thiocarbonyl (C=S) groups is 1. The first-order chi connectivity index (χ1) is 10.0. The molecule has 4 heteroatoms. The second kappa shape index (κ2) is 7.03. The monoisotopic (exact) mass is 304 g/mol. The molecular formula is C17H24N2OS. The van der Waals surface area contributed by atoms with E-state index < -0.39 is 5.92 Å². The van der Waals surface area contributed by atoms with Crippen LogP contribution in [-0.4, -0.2) is 16.9 Å². The van der Waals surface area contributed by atoms with E-state index in [1.165, 1.54) is 12.8 Å². The molecule has 1 aliphatic carbocycles. The van der Waals surface area contributed by atoms with E-state index in [4.69, 9.17) is 18.0 Å². The van der Waals surface area contributed by atoms with Crippen LogP contribution >= 0.6 is 12.2 Å². The molecule has 0 aromatic heterocycles. The van der Waals surface area contributed by atoms with Crippen molar-refractivity contribution in [2.75, 3.05) is 0 Å². The molecule has 0 radical (unpaired) electrons. The number of rotatable bonds is 4. The fourth-order valence-corrected chi connectivity index (χ4v) is 3.39. The summed E-state index contributed by atoms with van der Waals surface area (Å²) in [7, 11) is 0. The minimum Gasteiger partial charge on any atom is -0.392 e. The molecule has 1 aromatic carbocycles. The molecule has 1 saturated carbocycles. The van der Waals surface area contributed by atoms with E-state index in [-0.39, 0.29) is 16.9 Å². The molecule has 1 aromatic rings. The van der Waals surface area contributed by atoms with Gasteiger partial charge < -0.3 is 11.1 Å². The predicted molar refractivity (Wildman–Crippen MR) is 90.1 cm³/mol. The molecule has 1 aliphatic rings. The predicted octanol–water partition coefficient (Wildman–Crippen LogP) is 3.00. The van der Waals surface area contributed by atoms with Crippen molar-refractivity contribution in [2.45, 2.75) is 45.1 Å². The van der Waals surface area contributed by atoms with Crippen molar-refractivity contribution in [3.8, 4) is 0 Å². The van der Waals surface area contributed by atoms with Crippen molar-refractivity contribution in [1.29, 1.82) is 0 Å². The molecule has 4 atom stereocenters. The maximum absolute atomic E-state index is 12.6. The molecule has 1 fully saturated rings. The van der Waals surface area contributed by atoms with Crippen molar-refractivity contribution >= 4 is 23.1 Å². The van der Waals surface area contributed by atoms with Gasteiger partial charge in [-0.05, 0) is 23.8 Å². The summed E-state index contributed by atoms with van der Waals surface area (Å²) in [6, 6.07) is 9.75. The Morgan fingerprint density at radius 2 is 1.95 bits per heavy atom. The first kappa shape index (κ1) is 16.0. The summed E-state index contributed by atoms with van der Waals surface area (Å²) < 4.78 is 0. The molecule has 0 heterocycles. The van der Waals surface area contributed by atoms with Crippen LogP contribution in [0.5, 0.6) is 0 Å². The third-order valence-corrected chi connectivity index (χ3v) is 4.95. The third kappa shape index (κ3) is 3.82. The van der Waals surface area contributed by atoms with Crippen LogP contribution in [0.1, 0.15) is 44.6 Å². The fraction of sp³-hybridized carbons (Fsp3) is 0.529. The number of nitrogens with two attached hydrogens (primary N) is 1. The van der Waals surface area contributed by atoms with Crippen LogP contribution < -0.4 is 11.1 Å². The lowest BCUT2D eigenvalue weighted by atomic mass is 9.78. The van der Waals surface area contributed by atoms with Gasteiger partial charge in [0.1, 0.15) is 5.92 Å². The van der Waals surface area contributed by atoms with Crippen LogP contribution in [-0.2, 0) is 4.79 Å². The number of hydrogen-bond acceptors (Lipinski definition) is 2. The van der Waals surface area contributed by atoms with E-state index in [2.05, 4.69) is 19.2 Å². The standard InChI is InChI=1S/C17H24N2OS/c1-11-7-6-10-14(12(11)2)19-17(20)15(16(18)21)13-8-4-3-5-9-13/h3-5,8-9,11-12,14-15H,6-7,10H2,1-2H3,(H2,18,21)(H,19,20). The smallest absolute Gasteiger partial charge is 0.234 e. The summed E-state index contributed by atoms with van der Waals surface area (Å²) in [4.78, 5) is 12.9. The number of amides is 1. The van der Waals surface area contributed by atoms with Crippen molar-refractivity contribution in [1.82, 2.24) is 5.32 Å². The van der Waals surface area contributed by atoms with E-state index in [0.29, 0.717) is 11.8 Å². The van der Waals surface area contributed by atoms with Gasteiger partial charge in [-0.3, -0.25) is 4.79 Å². The molecule has 1 amide bonds. The van der Waals surface area contributed by atoms with Crippen LogP contribution in [0, 0.1) is 11.8 Å². The van der Waals surface area contributed by atoms with Gasteiger partial charge in [-0.25, -0.2) is 0 Å². The van der Waals surface area contributed by atoms with E-state index in [1.807, 2.05) is 30.3 Å². The fourth-order valence-electron chi connectivity index (χ4n) is 3.14. The molecule has 2 rings (SSSR count). The Balaban J connectivity index is 2.11. The number of hydrogen-bond donors (Lipinski definition) is 2. The summed E-state index contributed by atoms with van der Waals surface area (Å²) in [5.74, 6) is 0.528. The van der Waals surface area contributed by atoms with E-state index in [9.17, 15) is 4.79 Å². The SMILES string of the molecule is CC1CCCC(NC(=O)C(C(N)=S)c2ccccc2)C1C. The van der Waals surface area contributed by atoms with Crippen LogP contribution in [0.25, 0.3) is 0 Å². The Hall–Kier alpha value is -1.42. The van der Waals surface area contributed by atoms with E-state index in [0.717, 1.165) is 12.0 Å². The Morgan fingerprint density at radius 1 is 1.29 bits per heavy atom. The minimum atomic E-state index is -0.536. The summed E-state index contributed by atoms with van der Waals surface area (Å²) in [5.41, 5.74) is 6.67. The number of benzene rings is 1. The Bertz CT molecular complexity index is 503. The highest BCUT2D eigenvalue weighted by Gasteiger charge is 2.31. The second-order valence-corrected chi connectivity index (χ2v) is 6.60. The molecule has 0 bridgehead atoms. The van der Waals surface area contributed by atoms with Gasteiger partial charge in [-0.1, -0.05) is 69.2 Å². The van der Waals surface area contributed by atoms with Gasteiger partial charge in [0, 0.05) is 6.04 Å². The van der Waals surface area contributed by atoms with Gasteiger partial charge in [0.05, 0.1) is 4.99 Å². The highest BCUT2D eigenvalue weighted by molar-refractivity contribution is 7.80. The number of carbonyl (C=O) groups excluding carboxylic acids is 1. The van der Waals surface area contributed by atoms with Gasteiger partial charge in [-0.2, -0.15) is 0 Å². The first-order valence-corrected chi connectivity index (χ1v) is 8.06.